The molecule has 1 unspecified atom stereocenters. The largest absolute Gasteiger partial charge is 0.326 e. The van der Waals surface area contributed by atoms with Crippen LogP contribution < -0.4 is 21.5 Å². The molecule has 1 fully saturated rings. The lowest BCUT2D eigenvalue weighted by Crippen LogP contribution is -2.55. The van der Waals surface area contributed by atoms with Gasteiger partial charge in [-0.25, -0.2) is 4.79 Å². The van der Waals surface area contributed by atoms with Crippen LogP contribution in [0.15, 0.2) is 77.6 Å². The Morgan fingerprint density at radius 2 is 1.58 bits per heavy atom. The first kappa shape index (κ1) is 25.3. The lowest BCUT2D eigenvalue weighted by Gasteiger charge is -2.43. The highest BCUT2D eigenvalue weighted by Gasteiger charge is 2.37. The van der Waals surface area contributed by atoms with Crippen molar-refractivity contribution in [3.63, 3.8) is 0 Å². The second-order valence-electron chi connectivity index (χ2n) is 10.0. The minimum atomic E-state index is -0.795. The van der Waals surface area contributed by atoms with Crippen molar-refractivity contribution in [1.82, 2.24) is 14.8 Å². The molecule has 3 aromatic rings. The fourth-order valence-electron chi connectivity index (χ4n) is 5.43. The van der Waals surface area contributed by atoms with Gasteiger partial charge in [0.05, 0.1) is 0 Å². The van der Waals surface area contributed by atoms with Crippen molar-refractivity contribution in [2.45, 2.75) is 38.3 Å². The maximum Gasteiger partial charge on any atom is 0.318 e. The minimum Gasteiger partial charge on any atom is -0.326 e. The molecule has 1 aromatic heterocycles. The summed E-state index contributed by atoms with van der Waals surface area (Å²) in [5.74, 6) is -0.227. The quantitative estimate of drug-likeness (QED) is 0.470. The van der Waals surface area contributed by atoms with E-state index < -0.39 is 6.04 Å². The Kier molecular flexibility index (Phi) is 7.26. The molecule has 9 heteroatoms. The maximum atomic E-state index is 13.4. The van der Waals surface area contributed by atoms with E-state index in [1.54, 1.807) is 41.3 Å². The molecular weight excluding hydrogens is 482 g/mol. The zero-order chi connectivity index (χ0) is 26.6. The van der Waals surface area contributed by atoms with E-state index in [9.17, 15) is 19.2 Å². The van der Waals surface area contributed by atoms with E-state index >= 15 is 0 Å². The average molecular weight is 514 g/mol. The average Bonchev–Trinajstić information content (AvgIpc) is 2.90. The molecule has 4 amide bonds. The molecule has 3 N–H and O–H groups in total. The second kappa shape index (κ2) is 10.9. The number of benzene rings is 2. The molecule has 2 aromatic carbocycles. The number of pyridine rings is 1. The van der Waals surface area contributed by atoms with E-state index in [1.165, 1.54) is 6.92 Å². The summed E-state index contributed by atoms with van der Waals surface area (Å²) in [4.78, 5) is 52.2. The van der Waals surface area contributed by atoms with Crippen molar-refractivity contribution in [3.8, 4) is 0 Å². The van der Waals surface area contributed by atoms with E-state index in [-0.39, 0.29) is 35.2 Å². The van der Waals surface area contributed by atoms with E-state index in [0.717, 1.165) is 17.7 Å². The Hall–Kier alpha value is -4.40. The van der Waals surface area contributed by atoms with E-state index in [4.69, 9.17) is 0 Å². The second-order valence-corrected chi connectivity index (χ2v) is 10.0. The monoisotopic (exact) mass is 513 g/mol. The first-order chi connectivity index (χ1) is 18.4. The topological polar surface area (TPSA) is 113 Å². The van der Waals surface area contributed by atoms with Gasteiger partial charge in [0, 0.05) is 62.0 Å². The number of carbonyl (C=O) groups excluding carboxylic acids is 3. The molecule has 2 aliphatic heterocycles. The van der Waals surface area contributed by atoms with Gasteiger partial charge in [0.1, 0.15) is 6.04 Å². The van der Waals surface area contributed by atoms with Gasteiger partial charge >= 0.3 is 6.03 Å². The Morgan fingerprint density at radius 3 is 2.29 bits per heavy atom. The van der Waals surface area contributed by atoms with Gasteiger partial charge in [0.2, 0.25) is 11.8 Å². The van der Waals surface area contributed by atoms with Crippen molar-refractivity contribution in [1.29, 1.82) is 0 Å². The number of piperidine rings is 1. The standard InChI is InChI=1S/C29H31N5O4/c1-19(35)30-23-10-12-24(13-11-23)31-28(37)25(15-20-6-3-2-4-7-20)32-29(38)33-16-21-14-22(18-33)26-8-5-9-27(36)34(26)17-21/h2-13,21-22,25H,14-18H2,1H3,(H,30,35)(H,31,37)(H,32,38)/t21-,22?,25+/m1/s1. The number of nitrogens with one attached hydrogen (secondary N) is 3. The van der Waals surface area contributed by atoms with Gasteiger partial charge in [-0.2, -0.15) is 0 Å². The number of urea groups is 1. The van der Waals surface area contributed by atoms with Gasteiger partial charge in [-0.3, -0.25) is 14.4 Å². The summed E-state index contributed by atoms with van der Waals surface area (Å²) in [7, 11) is 0. The smallest absolute Gasteiger partial charge is 0.318 e. The number of carbonyl (C=O) groups is 3. The third-order valence-corrected chi connectivity index (χ3v) is 7.14. The Balaban J connectivity index is 1.30. The van der Waals surface area contributed by atoms with Crippen LogP contribution in [0.2, 0.25) is 0 Å². The van der Waals surface area contributed by atoms with Crippen LogP contribution in [0.5, 0.6) is 0 Å². The summed E-state index contributed by atoms with van der Waals surface area (Å²) in [5.41, 5.74) is 3.08. The normalized spacial score (nSPS) is 18.6. The van der Waals surface area contributed by atoms with Gasteiger partial charge in [-0.1, -0.05) is 36.4 Å². The molecule has 9 nitrogen and oxygen atoms in total. The third-order valence-electron chi connectivity index (χ3n) is 7.14. The van der Waals surface area contributed by atoms with Gasteiger partial charge in [0.15, 0.2) is 0 Å². The predicted molar refractivity (Wildman–Crippen MR) is 145 cm³/mol. The Labute approximate surface area is 220 Å². The number of aromatic nitrogens is 1. The van der Waals surface area contributed by atoms with Crippen LogP contribution in [0.4, 0.5) is 16.2 Å². The lowest BCUT2D eigenvalue weighted by atomic mass is 9.83. The number of hydrogen-bond donors (Lipinski definition) is 3. The number of rotatable bonds is 6. The van der Waals surface area contributed by atoms with Crippen LogP contribution in [-0.4, -0.2) is 46.4 Å². The molecule has 196 valence electrons. The zero-order valence-corrected chi connectivity index (χ0v) is 21.2. The van der Waals surface area contributed by atoms with Crippen LogP contribution in [0.3, 0.4) is 0 Å². The van der Waals surface area contributed by atoms with Crippen molar-refractivity contribution in [2.75, 3.05) is 23.7 Å². The van der Waals surface area contributed by atoms with Gasteiger partial charge < -0.3 is 25.4 Å². The highest BCUT2D eigenvalue weighted by Crippen LogP contribution is 2.35. The van der Waals surface area contributed by atoms with Crippen molar-refractivity contribution in [3.05, 3.63) is 94.4 Å². The van der Waals surface area contributed by atoms with Crippen molar-refractivity contribution in [2.24, 2.45) is 5.92 Å². The van der Waals surface area contributed by atoms with Gasteiger partial charge in [-0.05, 0) is 48.2 Å². The summed E-state index contributed by atoms with van der Waals surface area (Å²) in [5, 5.41) is 8.55. The molecule has 3 atom stereocenters. The molecule has 38 heavy (non-hydrogen) atoms. The van der Waals surface area contributed by atoms with Gasteiger partial charge in [0.25, 0.3) is 5.56 Å². The van der Waals surface area contributed by atoms with Crippen LogP contribution in [0.1, 0.15) is 30.5 Å². The third kappa shape index (κ3) is 5.77. The number of amides is 4. The number of hydrogen-bond acceptors (Lipinski definition) is 4. The first-order valence-corrected chi connectivity index (χ1v) is 12.8. The van der Waals surface area contributed by atoms with Crippen LogP contribution in [0, 0.1) is 5.92 Å². The molecule has 0 aliphatic carbocycles. The number of anilines is 2. The molecule has 0 spiro atoms. The van der Waals surface area contributed by atoms with Crippen LogP contribution >= 0.6 is 0 Å². The fourth-order valence-corrected chi connectivity index (χ4v) is 5.43. The van der Waals surface area contributed by atoms with E-state index in [0.29, 0.717) is 37.4 Å². The maximum absolute atomic E-state index is 13.4. The summed E-state index contributed by atoms with van der Waals surface area (Å²) in [6.45, 7) is 3.06. The summed E-state index contributed by atoms with van der Waals surface area (Å²) in [6, 6.07) is 20.6. The predicted octanol–water partition coefficient (Wildman–Crippen LogP) is 3.19. The summed E-state index contributed by atoms with van der Waals surface area (Å²) in [6.07, 6.45) is 1.27. The first-order valence-electron chi connectivity index (χ1n) is 12.8. The minimum absolute atomic E-state index is 0.000180. The van der Waals surface area contributed by atoms with Crippen molar-refractivity contribution >= 4 is 29.2 Å². The fraction of sp³-hybridized carbons (Fsp3) is 0.310. The molecule has 1 saturated heterocycles. The molecule has 3 heterocycles. The van der Waals surface area contributed by atoms with Crippen molar-refractivity contribution < 1.29 is 14.4 Å². The molecule has 2 aliphatic rings. The Bertz CT molecular complexity index is 1390. The van der Waals surface area contributed by atoms with Gasteiger partial charge in [-0.15, -0.1) is 0 Å². The molecule has 0 saturated carbocycles. The number of fused-ring (bicyclic) bond motifs is 4. The molecule has 2 bridgehead atoms. The zero-order valence-electron chi connectivity index (χ0n) is 21.2. The lowest BCUT2D eigenvalue weighted by molar-refractivity contribution is -0.118. The number of nitrogens with zero attached hydrogens (tertiary/aromatic N) is 2. The number of likely N-dealkylation sites (tertiary alicyclic amines) is 1. The highest BCUT2D eigenvalue weighted by molar-refractivity contribution is 5.97. The highest BCUT2D eigenvalue weighted by atomic mass is 16.2. The SMILES string of the molecule is CC(=O)Nc1ccc(NC(=O)[C@H](Cc2ccccc2)NC(=O)N2CC3C[C@H](C2)Cn2c3cccc2=O)cc1. The van der Waals surface area contributed by atoms with Crippen LogP contribution in [-0.2, 0) is 22.6 Å². The molecule has 0 radical (unpaired) electrons. The van der Waals surface area contributed by atoms with E-state index in [1.807, 2.05) is 41.0 Å². The summed E-state index contributed by atoms with van der Waals surface area (Å²) >= 11 is 0. The molecular formula is C29H31N5O4. The van der Waals surface area contributed by atoms with E-state index in [2.05, 4.69) is 16.0 Å². The summed E-state index contributed by atoms with van der Waals surface area (Å²) < 4.78 is 1.83. The van der Waals surface area contributed by atoms with Crippen LogP contribution in [0.25, 0.3) is 0 Å². The Morgan fingerprint density at radius 1 is 0.868 bits per heavy atom. The molecule has 5 rings (SSSR count).